The van der Waals surface area contributed by atoms with E-state index in [2.05, 4.69) is 58.9 Å². The maximum Gasteiger partial charge on any atom is 0.111 e. The third-order valence-corrected chi connectivity index (χ3v) is 5.74. The number of pyridine rings is 2. The minimum absolute atomic E-state index is 0.368. The first-order valence-corrected chi connectivity index (χ1v) is 9.95. The van der Waals surface area contributed by atoms with Crippen molar-refractivity contribution >= 4 is 11.0 Å². The SMILES string of the molecule is Cc1cc(CC2CCCN(C(C)c3cnc4cn(C)nc4c3)C2)cc(C)n1. The van der Waals surface area contributed by atoms with Crippen LogP contribution < -0.4 is 0 Å². The molecule has 3 aromatic heterocycles. The zero-order valence-corrected chi connectivity index (χ0v) is 16.8. The fourth-order valence-corrected chi connectivity index (χ4v) is 4.46. The zero-order valence-electron chi connectivity index (χ0n) is 16.8. The number of likely N-dealkylation sites (tertiary alicyclic amines) is 1. The highest BCUT2D eigenvalue weighted by Crippen LogP contribution is 2.29. The Bertz CT molecular complexity index is 925. The van der Waals surface area contributed by atoms with Crippen LogP contribution in [0.15, 0.2) is 30.6 Å². The van der Waals surface area contributed by atoms with Gasteiger partial charge in [0.25, 0.3) is 0 Å². The van der Waals surface area contributed by atoms with Crippen LogP contribution in [-0.2, 0) is 13.5 Å². The first-order chi connectivity index (χ1) is 13.0. The largest absolute Gasteiger partial charge is 0.296 e. The van der Waals surface area contributed by atoms with Crippen molar-refractivity contribution in [2.75, 3.05) is 13.1 Å². The molecule has 1 aliphatic rings. The molecular formula is C22H29N5. The van der Waals surface area contributed by atoms with Gasteiger partial charge in [0, 0.05) is 37.2 Å². The Hall–Kier alpha value is -2.27. The number of piperidine rings is 1. The van der Waals surface area contributed by atoms with Crippen LogP contribution in [-0.4, -0.2) is 37.7 Å². The van der Waals surface area contributed by atoms with E-state index >= 15 is 0 Å². The molecule has 4 rings (SSSR count). The fraction of sp³-hybridized carbons (Fsp3) is 0.500. The van der Waals surface area contributed by atoms with Gasteiger partial charge in [-0.3, -0.25) is 19.5 Å². The van der Waals surface area contributed by atoms with Crippen LogP contribution in [0.1, 0.15) is 48.3 Å². The summed E-state index contributed by atoms with van der Waals surface area (Å²) in [5.74, 6) is 0.703. The second-order valence-electron chi connectivity index (χ2n) is 8.12. The Morgan fingerprint density at radius 1 is 1.15 bits per heavy atom. The average Bonchev–Trinajstić information content (AvgIpc) is 2.99. The van der Waals surface area contributed by atoms with Crippen molar-refractivity contribution in [1.29, 1.82) is 0 Å². The van der Waals surface area contributed by atoms with E-state index < -0.39 is 0 Å². The summed E-state index contributed by atoms with van der Waals surface area (Å²) in [5, 5.41) is 4.52. The molecule has 4 heterocycles. The van der Waals surface area contributed by atoms with Gasteiger partial charge in [-0.05, 0) is 81.8 Å². The van der Waals surface area contributed by atoms with Crippen molar-refractivity contribution in [3.05, 3.63) is 53.1 Å². The van der Waals surface area contributed by atoms with E-state index in [0.29, 0.717) is 12.0 Å². The molecule has 142 valence electrons. The van der Waals surface area contributed by atoms with Crippen molar-refractivity contribution in [3.63, 3.8) is 0 Å². The molecule has 0 radical (unpaired) electrons. The molecule has 0 amide bonds. The van der Waals surface area contributed by atoms with Gasteiger partial charge in [-0.25, -0.2) is 0 Å². The van der Waals surface area contributed by atoms with Crippen LogP contribution >= 0.6 is 0 Å². The number of aromatic nitrogens is 4. The summed E-state index contributed by atoms with van der Waals surface area (Å²) in [5.41, 5.74) is 6.89. The van der Waals surface area contributed by atoms with Gasteiger partial charge in [0.15, 0.2) is 0 Å². The van der Waals surface area contributed by atoms with Gasteiger partial charge in [-0.2, -0.15) is 5.10 Å². The summed E-state index contributed by atoms with van der Waals surface area (Å²) in [6, 6.07) is 7.06. The Labute approximate surface area is 161 Å². The van der Waals surface area contributed by atoms with Crippen molar-refractivity contribution in [2.24, 2.45) is 13.0 Å². The average molecular weight is 364 g/mol. The third-order valence-electron chi connectivity index (χ3n) is 5.74. The zero-order chi connectivity index (χ0) is 19.0. The van der Waals surface area contributed by atoms with Crippen LogP contribution in [0, 0.1) is 19.8 Å². The molecule has 0 spiro atoms. The quantitative estimate of drug-likeness (QED) is 0.703. The minimum Gasteiger partial charge on any atom is -0.296 e. The lowest BCUT2D eigenvalue weighted by Crippen LogP contribution is -2.38. The molecule has 5 nitrogen and oxygen atoms in total. The lowest BCUT2D eigenvalue weighted by Gasteiger charge is -2.37. The van der Waals surface area contributed by atoms with Crippen molar-refractivity contribution in [1.82, 2.24) is 24.6 Å². The van der Waals surface area contributed by atoms with E-state index in [-0.39, 0.29) is 0 Å². The summed E-state index contributed by atoms with van der Waals surface area (Å²) >= 11 is 0. The molecule has 0 saturated carbocycles. The Kier molecular flexibility index (Phi) is 4.96. The summed E-state index contributed by atoms with van der Waals surface area (Å²) in [7, 11) is 1.95. The van der Waals surface area contributed by atoms with E-state index in [4.69, 9.17) is 0 Å². The molecule has 0 N–H and O–H groups in total. The number of aryl methyl sites for hydroxylation is 3. The maximum atomic E-state index is 4.61. The first-order valence-electron chi connectivity index (χ1n) is 9.95. The van der Waals surface area contributed by atoms with E-state index in [1.807, 2.05) is 24.1 Å². The van der Waals surface area contributed by atoms with Crippen LogP contribution in [0.5, 0.6) is 0 Å². The number of rotatable bonds is 4. The predicted molar refractivity (Wildman–Crippen MR) is 109 cm³/mol. The Balaban J connectivity index is 1.47. The van der Waals surface area contributed by atoms with Crippen molar-refractivity contribution < 1.29 is 0 Å². The number of hydrogen-bond acceptors (Lipinski definition) is 4. The molecule has 5 heteroatoms. The van der Waals surface area contributed by atoms with E-state index in [0.717, 1.165) is 41.9 Å². The number of hydrogen-bond donors (Lipinski definition) is 0. The maximum absolute atomic E-state index is 4.61. The molecule has 0 bridgehead atoms. The highest BCUT2D eigenvalue weighted by Gasteiger charge is 2.25. The second-order valence-corrected chi connectivity index (χ2v) is 8.12. The number of fused-ring (bicyclic) bond motifs is 1. The fourth-order valence-electron chi connectivity index (χ4n) is 4.46. The normalized spacial score (nSPS) is 19.5. The topological polar surface area (TPSA) is 46.8 Å². The van der Waals surface area contributed by atoms with Gasteiger partial charge in [0.1, 0.15) is 11.0 Å². The van der Waals surface area contributed by atoms with Gasteiger partial charge in [0.05, 0.1) is 6.20 Å². The Morgan fingerprint density at radius 3 is 2.70 bits per heavy atom. The predicted octanol–water partition coefficient (Wildman–Crippen LogP) is 4.00. The molecule has 0 aromatic carbocycles. The van der Waals surface area contributed by atoms with Gasteiger partial charge in [0.2, 0.25) is 0 Å². The molecule has 3 aromatic rings. The van der Waals surface area contributed by atoms with Gasteiger partial charge < -0.3 is 0 Å². The minimum atomic E-state index is 0.368. The molecule has 1 saturated heterocycles. The van der Waals surface area contributed by atoms with E-state index in [9.17, 15) is 0 Å². The molecule has 1 aliphatic heterocycles. The van der Waals surface area contributed by atoms with E-state index in [1.54, 1.807) is 0 Å². The summed E-state index contributed by atoms with van der Waals surface area (Å²) in [6.07, 6.45) is 7.71. The standard InChI is InChI=1S/C22H29N5/c1-15-8-19(9-16(2)24-15)10-18-6-5-7-27(13-18)17(3)20-11-21-22(23-12-20)14-26(4)25-21/h8-9,11-12,14,17-18H,5-7,10,13H2,1-4H3. The highest BCUT2D eigenvalue weighted by molar-refractivity contribution is 5.73. The van der Waals surface area contributed by atoms with Crippen LogP contribution in [0.2, 0.25) is 0 Å². The monoisotopic (exact) mass is 363 g/mol. The highest BCUT2D eigenvalue weighted by atomic mass is 15.3. The summed E-state index contributed by atoms with van der Waals surface area (Å²) in [4.78, 5) is 11.7. The lowest BCUT2D eigenvalue weighted by atomic mass is 9.90. The molecular weight excluding hydrogens is 334 g/mol. The Morgan fingerprint density at radius 2 is 1.93 bits per heavy atom. The molecule has 2 atom stereocenters. The van der Waals surface area contributed by atoms with Gasteiger partial charge in [-0.1, -0.05) is 0 Å². The molecule has 1 fully saturated rings. The molecule has 0 aliphatic carbocycles. The van der Waals surface area contributed by atoms with Gasteiger partial charge in [-0.15, -0.1) is 0 Å². The summed E-state index contributed by atoms with van der Waals surface area (Å²) in [6.45, 7) is 8.78. The van der Waals surface area contributed by atoms with Crippen molar-refractivity contribution in [3.8, 4) is 0 Å². The smallest absolute Gasteiger partial charge is 0.111 e. The number of nitrogens with zero attached hydrogens (tertiary/aromatic N) is 5. The third kappa shape index (κ3) is 4.03. The van der Waals surface area contributed by atoms with E-state index in [1.165, 1.54) is 24.0 Å². The van der Waals surface area contributed by atoms with Crippen LogP contribution in [0.4, 0.5) is 0 Å². The van der Waals surface area contributed by atoms with Crippen molar-refractivity contribution in [2.45, 2.75) is 46.1 Å². The first kappa shape index (κ1) is 18.1. The van der Waals surface area contributed by atoms with Gasteiger partial charge >= 0.3 is 0 Å². The van der Waals surface area contributed by atoms with Crippen LogP contribution in [0.3, 0.4) is 0 Å². The molecule has 27 heavy (non-hydrogen) atoms. The van der Waals surface area contributed by atoms with Crippen LogP contribution in [0.25, 0.3) is 11.0 Å². The summed E-state index contributed by atoms with van der Waals surface area (Å²) < 4.78 is 1.84. The lowest BCUT2D eigenvalue weighted by molar-refractivity contribution is 0.131. The molecule has 2 unspecified atom stereocenters. The second kappa shape index (κ2) is 7.39.